The van der Waals surface area contributed by atoms with Gasteiger partial charge in [0.2, 0.25) is 0 Å². The molecule has 0 unspecified atom stereocenters. The predicted molar refractivity (Wildman–Crippen MR) is 117 cm³/mol. The van der Waals surface area contributed by atoms with Crippen LogP contribution in [0, 0.1) is 17.3 Å². The average molecular weight is 408 g/mol. The Morgan fingerprint density at radius 2 is 1.89 bits per heavy atom. The fraction of sp³-hybridized carbons (Fsp3) is 0.955. The van der Waals surface area contributed by atoms with Crippen LogP contribution in [0.4, 0.5) is 0 Å². The van der Waals surface area contributed by atoms with Crippen LogP contribution in [0.15, 0.2) is 0 Å². The fourth-order valence-electron chi connectivity index (χ4n) is 5.51. The standard InChI is InChI=1S/C22H41BO4Si/c1-15(24)12-17(26-28(8,9)20(2,3)4)10-11-23-25-19-14-16-13-18(21(16,5)6)22(19,7)27-23/h16-19H,10-14H2,1-9H3/t16-,17-,18-,19+,22-/m0/s1. The summed E-state index contributed by atoms with van der Waals surface area (Å²) in [6, 6.07) is 0. The second-order valence-corrected chi connectivity index (χ2v) is 16.6. The molecule has 0 spiro atoms. The smallest absolute Gasteiger partial charge is 0.414 e. The van der Waals surface area contributed by atoms with Crippen molar-refractivity contribution in [1.29, 1.82) is 0 Å². The summed E-state index contributed by atoms with van der Waals surface area (Å²) < 4.78 is 19.5. The fourth-order valence-corrected chi connectivity index (χ4v) is 6.90. The van der Waals surface area contributed by atoms with Crippen molar-refractivity contribution < 1.29 is 18.5 Å². The molecule has 0 aromatic carbocycles. The molecule has 3 saturated carbocycles. The molecule has 160 valence electrons. The minimum Gasteiger partial charge on any atom is -0.414 e. The van der Waals surface area contributed by atoms with Crippen molar-refractivity contribution in [3.05, 3.63) is 0 Å². The summed E-state index contributed by atoms with van der Waals surface area (Å²) in [7, 11) is -2.08. The largest absolute Gasteiger partial charge is 0.457 e. The van der Waals surface area contributed by atoms with Crippen LogP contribution in [0.1, 0.15) is 74.1 Å². The molecule has 0 N–H and O–H groups in total. The third kappa shape index (κ3) is 3.91. The van der Waals surface area contributed by atoms with E-state index in [4.69, 9.17) is 13.7 Å². The molecule has 0 aromatic heterocycles. The number of Topliss-reactive ketones (excluding diaryl/α,β-unsaturated/α-hetero) is 1. The van der Waals surface area contributed by atoms with Gasteiger partial charge in [-0.15, -0.1) is 0 Å². The second kappa shape index (κ2) is 7.21. The lowest BCUT2D eigenvalue weighted by molar-refractivity contribution is -0.199. The van der Waals surface area contributed by atoms with E-state index in [1.54, 1.807) is 6.92 Å². The Morgan fingerprint density at radius 3 is 2.43 bits per heavy atom. The van der Waals surface area contributed by atoms with E-state index in [0.717, 1.165) is 25.1 Å². The van der Waals surface area contributed by atoms with Gasteiger partial charge in [0.05, 0.1) is 17.8 Å². The lowest BCUT2D eigenvalue weighted by atomic mass is 9.43. The third-order valence-electron chi connectivity index (χ3n) is 8.51. The van der Waals surface area contributed by atoms with Gasteiger partial charge >= 0.3 is 7.12 Å². The number of hydrogen-bond donors (Lipinski definition) is 0. The molecule has 1 heterocycles. The van der Waals surface area contributed by atoms with Gasteiger partial charge in [-0.2, -0.15) is 0 Å². The Labute approximate surface area is 173 Å². The maximum atomic E-state index is 11.8. The summed E-state index contributed by atoms with van der Waals surface area (Å²) in [6.07, 6.45) is 4.68. The van der Waals surface area contributed by atoms with Gasteiger partial charge in [0.15, 0.2) is 8.32 Å². The van der Waals surface area contributed by atoms with E-state index in [0.29, 0.717) is 17.8 Å². The van der Waals surface area contributed by atoms with E-state index >= 15 is 0 Å². The van der Waals surface area contributed by atoms with Gasteiger partial charge in [-0.05, 0) is 74.8 Å². The van der Waals surface area contributed by atoms with Crippen LogP contribution in [0.3, 0.4) is 0 Å². The second-order valence-electron chi connectivity index (χ2n) is 11.9. The third-order valence-corrected chi connectivity index (χ3v) is 13.0. The number of hydrogen-bond acceptors (Lipinski definition) is 4. The highest BCUT2D eigenvalue weighted by Crippen LogP contribution is 2.65. The van der Waals surface area contributed by atoms with Crippen molar-refractivity contribution in [3.8, 4) is 0 Å². The van der Waals surface area contributed by atoms with Crippen LogP contribution in [0.25, 0.3) is 0 Å². The quantitative estimate of drug-likeness (QED) is 0.524. The molecule has 0 radical (unpaired) electrons. The van der Waals surface area contributed by atoms with Crippen molar-refractivity contribution >= 4 is 21.2 Å². The molecule has 4 aliphatic rings. The van der Waals surface area contributed by atoms with Crippen LogP contribution in [-0.4, -0.2) is 39.0 Å². The lowest BCUT2D eigenvalue weighted by Crippen LogP contribution is -2.65. The van der Waals surface area contributed by atoms with E-state index in [1.165, 1.54) is 6.42 Å². The van der Waals surface area contributed by atoms with Gasteiger partial charge < -0.3 is 13.7 Å². The first kappa shape index (κ1) is 22.5. The Kier molecular flexibility index (Phi) is 5.80. The Morgan fingerprint density at radius 1 is 1.25 bits per heavy atom. The first-order valence-corrected chi connectivity index (χ1v) is 14.1. The molecule has 2 bridgehead atoms. The molecule has 0 amide bonds. The van der Waals surface area contributed by atoms with E-state index in [-0.39, 0.29) is 35.7 Å². The predicted octanol–water partition coefficient (Wildman–Crippen LogP) is 5.47. The minimum absolute atomic E-state index is 0.0360. The molecule has 0 aromatic rings. The number of carbonyl (C=O) groups excluding carboxylic acids is 1. The van der Waals surface area contributed by atoms with E-state index in [1.807, 2.05) is 0 Å². The first-order valence-electron chi connectivity index (χ1n) is 11.2. The average Bonchev–Trinajstić information content (AvgIpc) is 2.86. The van der Waals surface area contributed by atoms with Gasteiger partial charge in [-0.1, -0.05) is 34.6 Å². The summed E-state index contributed by atoms with van der Waals surface area (Å²) in [5.41, 5.74) is 0.214. The monoisotopic (exact) mass is 408 g/mol. The molecule has 6 heteroatoms. The van der Waals surface area contributed by atoms with Gasteiger partial charge in [0.25, 0.3) is 0 Å². The van der Waals surface area contributed by atoms with E-state index in [2.05, 4.69) is 54.6 Å². The summed E-state index contributed by atoms with van der Waals surface area (Å²) in [4.78, 5) is 11.8. The molecule has 28 heavy (non-hydrogen) atoms. The topological polar surface area (TPSA) is 44.8 Å². The molecule has 4 rings (SSSR count). The van der Waals surface area contributed by atoms with E-state index in [9.17, 15) is 4.79 Å². The van der Waals surface area contributed by atoms with Crippen molar-refractivity contribution in [2.24, 2.45) is 17.3 Å². The van der Waals surface area contributed by atoms with Gasteiger partial charge in [0, 0.05) is 6.42 Å². The normalized spacial score (nSPS) is 35.3. The molecule has 5 atom stereocenters. The van der Waals surface area contributed by atoms with Crippen molar-refractivity contribution in [2.75, 3.05) is 0 Å². The maximum absolute atomic E-state index is 11.8. The molecular weight excluding hydrogens is 367 g/mol. The van der Waals surface area contributed by atoms with Crippen LogP contribution in [-0.2, 0) is 18.5 Å². The molecule has 3 aliphatic carbocycles. The lowest BCUT2D eigenvalue weighted by Gasteiger charge is -2.64. The SMILES string of the molecule is CC(=O)C[C@H](CCB1O[C@@H]2C[C@@H]3C[C@@H](C3(C)C)[C@]2(C)O1)O[Si](C)(C)C(C)(C)C. The first-order chi connectivity index (χ1) is 12.7. The highest BCUT2D eigenvalue weighted by atomic mass is 28.4. The molecular formula is C22H41BO4Si. The van der Waals surface area contributed by atoms with Gasteiger partial charge in [-0.3, -0.25) is 4.79 Å². The highest BCUT2D eigenvalue weighted by molar-refractivity contribution is 6.74. The van der Waals surface area contributed by atoms with Crippen molar-refractivity contribution in [3.63, 3.8) is 0 Å². The Bertz CT molecular complexity index is 614. The van der Waals surface area contributed by atoms with Crippen LogP contribution < -0.4 is 0 Å². The van der Waals surface area contributed by atoms with Crippen LogP contribution >= 0.6 is 0 Å². The number of carbonyl (C=O) groups is 1. The Balaban J connectivity index is 1.61. The van der Waals surface area contributed by atoms with Gasteiger partial charge in [-0.25, -0.2) is 0 Å². The van der Waals surface area contributed by atoms with Crippen molar-refractivity contribution in [2.45, 2.75) is 116 Å². The molecule has 4 fully saturated rings. The molecule has 4 nitrogen and oxygen atoms in total. The van der Waals surface area contributed by atoms with E-state index < -0.39 is 8.32 Å². The zero-order valence-electron chi connectivity index (χ0n) is 19.6. The summed E-state index contributed by atoms with van der Waals surface area (Å²) in [6.45, 7) is 19.9. The number of rotatable bonds is 7. The summed E-state index contributed by atoms with van der Waals surface area (Å²) >= 11 is 0. The zero-order chi connectivity index (χ0) is 21.1. The molecule has 1 aliphatic heterocycles. The summed E-state index contributed by atoms with van der Waals surface area (Å²) in [5.74, 6) is 1.55. The van der Waals surface area contributed by atoms with Crippen LogP contribution in [0.2, 0.25) is 24.5 Å². The highest BCUT2D eigenvalue weighted by Gasteiger charge is 2.67. The zero-order valence-corrected chi connectivity index (χ0v) is 20.6. The minimum atomic E-state index is -1.91. The maximum Gasteiger partial charge on any atom is 0.457 e. The van der Waals surface area contributed by atoms with Crippen molar-refractivity contribution in [1.82, 2.24) is 0 Å². The van der Waals surface area contributed by atoms with Gasteiger partial charge in [0.1, 0.15) is 5.78 Å². The number of ketones is 1. The Hall–Kier alpha value is -0.168. The van der Waals surface area contributed by atoms with Crippen LogP contribution in [0.5, 0.6) is 0 Å². The molecule has 1 saturated heterocycles. The summed E-state index contributed by atoms with van der Waals surface area (Å²) in [5, 5.41) is 0.136.